The number of hydrogen-bond donors (Lipinski definition) is 2. The number of rotatable bonds is 2. The van der Waals surface area contributed by atoms with Crippen molar-refractivity contribution in [2.45, 2.75) is 18.5 Å². The summed E-state index contributed by atoms with van der Waals surface area (Å²) in [5.41, 5.74) is 3.69. The number of hydrogen-bond acceptors (Lipinski definition) is 3. The third-order valence-electron chi connectivity index (χ3n) is 6.36. The fourth-order valence-corrected chi connectivity index (χ4v) is 4.82. The van der Waals surface area contributed by atoms with Gasteiger partial charge in [-0.2, -0.15) is 0 Å². The second-order valence-electron chi connectivity index (χ2n) is 8.23. The lowest BCUT2D eigenvalue weighted by Gasteiger charge is -2.39. The standard InChI is InChI=1S/C27H23FN2O2/c28-23-9-5-4-8-20(23)27(32)30-15-14-21-25(17-31)29-24-13-12-19(16-22(24)26(21)30)11-10-18-6-2-1-3-7-18/h1-9,12-13,16,21,25-26,29,31H,14-15,17H2/t21-,25-,26-/m0/s1. The molecule has 0 radical (unpaired) electrons. The van der Waals surface area contributed by atoms with Gasteiger partial charge in [0.1, 0.15) is 5.82 Å². The molecule has 160 valence electrons. The molecule has 5 rings (SSSR count). The van der Waals surface area contributed by atoms with Crippen LogP contribution >= 0.6 is 0 Å². The fourth-order valence-electron chi connectivity index (χ4n) is 4.82. The van der Waals surface area contributed by atoms with Crippen molar-refractivity contribution in [3.8, 4) is 11.8 Å². The van der Waals surface area contributed by atoms with Crippen LogP contribution in [0.4, 0.5) is 10.1 Å². The number of amides is 1. The summed E-state index contributed by atoms with van der Waals surface area (Å²) < 4.78 is 14.4. The maximum absolute atomic E-state index is 14.4. The number of halogens is 1. The van der Waals surface area contributed by atoms with Gasteiger partial charge >= 0.3 is 0 Å². The van der Waals surface area contributed by atoms with Gasteiger partial charge in [0.15, 0.2) is 0 Å². The van der Waals surface area contributed by atoms with Gasteiger partial charge in [-0.05, 0) is 54.4 Å². The molecule has 1 fully saturated rings. The maximum Gasteiger partial charge on any atom is 0.257 e. The smallest absolute Gasteiger partial charge is 0.257 e. The topological polar surface area (TPSA) is 52.6 Å². The highest BCUT2D eigenvalue weighted by molar-refractivity contribution is 5.95. The molecule has 2 N–H and O–H groups in total. The molecule has 2 heterocycles. The Labute approximate surface area is 186 Å². The number of anilines is 1. The minimum Gasteiger partial charge on any atom is -0.394 e. The number of aliphatic hydroxyl groups is 1. The quantitative estimate of drug-likeness (QED) is 0.604. The van der Waals surface area contributed by atoms with Crippen LogP contribution in [0.25, 0.3) is 0 Å². The zero-order valence-electron chi connectivity index (χ0n) is 17.5. The minimum absolute atomic E-state index is 0.0299. The molecule has 2 aliphatic heterocycles. The van der Waals surface area contributed by atoms with Crippen LogP contribution in [-0.4, -0.2) is 35.1 Å². The predicted molar refractivity (Wildman–Crippen MR) is 122 cm³/mol. The molecule has 0 bridgehead atoms. The zero-order valence-corrected chi connectivity index (χ0v) is 17.5. The van der Waals surface area contributed by atoms with Gasteiger partial charge in [-0.1, -0.05) is 42.2 Å². The van der Waals surface area contributed by atoms with E-state index in [-0.39, 0.29) is 36.1 Å². The summed E-state index contributed by atoms with van der Waals surface area (Å²) in [7, 11) is 0. The van der Waals surface area contributed by atoms with Crippen molar-refractivity contribution in [3.63, 3.8) is 0 Å². The van der Waals surface area contributed by atoms with E-state index in [1.165, 1.54) is 12.1 Å². The Bertz CT molecular complexity index is 1220. The normalized spacial score (nSPS) is 21.1. The SMILES string of the molecule is O=C(c1ccccc1F)N1CC[C@H]2[C@H](CO)Nc3ccc(C#Cc4ccccc4)cc3[C@H]21. The summed E-state index contributed by atoms with van der Waals surface area (Å²) in [6.45, 7) is 0.484. The fraction of sp³-hybridized carbons (Fsp3) is 0.222. The van der Waals surface area contributed by atoms with Gasteiger partial charge in [-0.25, -0.2) is 4.39 Å². The molecule has 4 nitrogen and oxygen atoms in total. The van der Waals surface area contributed by atoms with Gasteiger partial charge in [0.05, 0.1) is 24.3 Å². The summed E-state index contributed by atoms with van der Waals surface area (Å²) in [4.78, 5) is 15.0. The Morgan fingerprint density at radius 1 is 1.03 bits per heavy atom. The number of fused-ring (bicyclic) bond motifs is 3. The molecule has 1 saturated heterocycles. The largest absolute Gasteiger partial charge is 0.394 e. The van der Waals surface area contributed by atoms with Crippen LogP contribution < -0.4 is 5.32 Å². The van der Waals surface area contributed by atoms with Crippen LogP contribution in [0.2, 0.25) is 0 Å². The summed E-state index contributed by atoms with van der Waals surface area (Å²) >= 11 is 0. The van der Waals surface area contributed by atoms with Gasteiger partial charge in [0.2, 0.25) is 0 Å². The van der Waals surface area contributed by atoms with Crippen molar-refractivity contribution < 1.29 is 14.3 Å². The van der Waals surface area contributed by atoms with E-state index in [0.717, 1.165) is 28.8 Å². The van der Waals surface area contributed by atoms with Crippen LogP contribution in [0.5, 0.6) is 0 Å². The zero-order chi connectivity index (χ0) is 22.1. The van der Waals surface area contributed by atoms with E-state index in [2.05, 4.69) is 17.2 Å². The molecule has 0 spiro atoms. The van der Waals surface area contributed by atoms with E-state index >= 15 is 0 Å². The third-order valence-corrected chi connectivity index (χ3v) is 6.36. The first-order chi connectivity index (χ1) is 15.7. The first kappa shape index (κ1) is 20.3. The number of aliphatic hydroxyl groups excluding tert-OH is 1. The van der Waals surface area contributed by atoms with Crippen LogP contribution in [0.1, 0.15) is 39.5 Å². The van der Waals surface area contributed by atoms with Crippen LogP contribution in [0.3, 0.4) is 0 Å². The van der Waals surface area contributed by atoms with E-state index in [0.29, 0.717) is 6.54 Å². The second-order valence-corrected chi connectivity index (χ2v) is 8.23. The second kappa shape index (κ2) is 8.49. The molecule has 3 aromatic rings. The molecule has 5 heteroatoms. The van der Waals surface area contributed by atoms with Crippen LogP contribution in [0, 0.1) is 23.6 Å². The highest BCUT2D eigenvalue weighted by atomic mass is 19.1. The highest BCUT2D eigenvalue weighted by Gasteiger charge is 2.46. The Hall–Kier alpha value is -3.62. The number of benzene rings is 3. The molecule has 1 amide bonds. The number of nitrogens with zero attached hydrogens (tertiary/aromatic N) is 1. The summed E-state index contributed by atoms with van der Waals surface area (Å²) in [6, 6.07) is 21.4. The molecule has 2 aliphatic rings. The molecule has 0 aliphatic carbocycles. The van der Waals surface area contributed by atoms with E-state index < -0.39 is 5.82 Å². The molecule has 3 aromatic carbocycles. The van der Waals surface area contributed by atoms with Crippen LogP contribution in [0.15, 0.2) is 72.8 Å². The van der Waals surface area contributed by atoms with Crippen molar-refractivity contribution in [1.29, 1.82) is 0 Å². The Balaban J connectivity index is 1.53. The molecule has 0 saturated carbocycles. The average Bonchev–Trinajstić information content (AvgIpc) is 3.28. The molecular weight excluding hydrogens is 403 g/mol. The minimum atomic E-state index is -0.517. The van der Waals surface area contributed by atoms with Gasteiger partial charge in [0.25, 0.3) is 5.91 Å². The molecule has 3 atom stereocenters. The van der Waals surface area contributed by atoms with Crippen molar-refractivity contribution >= 4 is 11.6 Å². The van der Waals surface area contributed by atoms with Crippen molar-refractivity contribution in [1.82, 2.24) is 4.90 Å². The summed E-state index contributed by atoms with van der Waals surface area (Å²) in [6.07, 6.45) is 0.739. The highest BCUT2D eigenvalue weighted by Crippen LogP contribution is 2.47. The maximum atomic E-state index is 14.4. The molecule has 0 aromatic heterocycles. The van der Waals surface area contributed by atoms with Crippen molar-refractivity contribution in [2.75, 3.05) is 18.5 Å². The van der Waals surface area contributed by atoms with E-state index in [4.69, 9.17) is 0 Å². The third kappa shape index (κ3) is 3.63. The van der Waals surface area contributed by atoms with Gasteiger partial charge in [-0.15, -0.1) is 0 Å². The molecule has 0 unspecified atom stereocenters. The Morgan fingerprint density at radius 2 is 1.78 bits per heavy atom. The lowest BCUT2D eigenvalue weighted by molar-refractivity contribution is 0.0696. The summed E-state index contributed by atoms with van der Waals surface area (Å²) in [5.74, 6) is 5.59. The van der Waals surface area contributed by atoms with Gasteiger partial charge in [0, 0.05) is 29.3 Å². The predicted octanol–water partition coefficient (Wildman–Crippen LogP) is 4.22. The number of carbonyl (C=O) groups is 1. The number of likely N-dealkylation sites (tertiary alicyclic amines) is 1. The monoisotopic (exact) mass is 426 g/mol. The van der Waals surface area contributed by atoms with Gasteiger partial charge < -0.3 is 15.3 Å². The average molecular weight is 426 g/mol. The summed E-state index contributed by atoms with van der Waals surface area (Å²) in [5, 5.41) is 13.4. The molecule has 32 heavy (non-hydrogen) atoms. The van der Waals surface area contributed by atoms with E-state index in [1.54, 1.807) is 17.0 Å². The van der Waals surface area contributed by atoms with Crippen molar-refractivity contribution in [2.24, 2.45) is 5.92 Å². The Kier molecular flexibility index (Phi) is 5.38. The number of carbonyl (C=O) groups excluding carboxylic acids is 1. The van der Waals surface area contributed by atoms with E-state index in [9.17, 15) is 14.3 Å². The lowest BCUT2D eigenvalue weighted by Crippen LogP contribution is -2.43. The van der Waals surface area contributed by atoms with Crippen molar-refractivity contribution in [3.05, 3.63) is 101 Å². The first-order valence-electron chi connectivity index (χ1n) is 10.8. The Morgan fingerprint density at radius 3 is 2.56 bits per heavy atom. The van der Waals surface area contributed by atoms with E-state index in [1.807, 2.05) is 48.5 Å². The van der Waals surface area contributed by atoms with Gasteiger partial charge in [-0.3, -0.25) is 4.79 Å². The van der Waals surface area contributed by atoms with Crippen LogP contribution in [-0.2, 0) is 0 Å². The molecular formula is C27H23FN2O2. The number of nitrogens with one attached hydrogen (secondary N) is 1. The lowest BCUT2D eigenvalue weighted by atomic mass is 9.82. The first-order valence-corrected chi connectivity index (χ1v) is 10.8.